The first-order chi connectivity index (χ1) is 14.8. The van der Waals surface area contributed by atoms with Crippen LogP contribution in [0.15, 0.2) is 53.4 Å². The van der Waals surface area contributed by atoms with Crippen LogP contribution in [0.2, 0.25) is 0 Å². The number of hydrogen-bond acceptors (Lipinski definition) is 6. The van der Waals surface area contributed by atoms with Crippen LogP contribution in [0, 0.1) is 6.92 Å². The van der Waals surface area contributed by atoms with E-state index in [2.05, 4.69) is 10.3 Å². The molecule has 0 atom stereocenters. The summed E-state index contributed by atoms with van der Waals surface area (Å²) >= 11 is 1.20. The third kappa shape index (κ3) is 4.24. The Bertz CT molecular complexity index is 1250. The summed E-state index contributed by atoms with van der Waals surface area (Å²) in [6.45, 7) is 1.89. The van der Waals surface area contributed by atoms with Crippen molar-refractivity contribution < 1.29 is 18.0 Å². The lowest BCUT2D eigenvalue weighted by Gasteiger charge is -2.20. The van der Waals surface area contributed by atoms with E-state index in [9.17, 15) is 18.0 Å². The number of carbonyl (C=O) groups is 2. The van der Waals surface area contributed by atoms with Crippen molar-refractivity contribution in [2.75, 3.05) is 16.7 Å². The second-order valence-electron chi connectivity index (χ2n) is 7.36. The number of Topliss-reactive ketones (excluding diaryl/α,β-unsaturated/α-hetero) is 1. The molecule has 3 aromatic rings. The number of benzene rings is 2. The van der Waals surface area contributed by atoms with Gasteiger partial charge in [0, 0.05) is 19.0 Å². The standard InChI is InChI=1S/C22H21N3O4S2/c1-14-6-12-17(13-7-14)31(28,29)25(2)16-10-8-15(9-11-16)21(27)24-22-23-18-4-3-5-19(26)20(18)30-22/h6-13H,3-5H2,1-2H3,(H,23,24,27). The molecule has 0 fully saturated rings. The molecule has 31 heavy (non-hydrogen) atoms. The predicted octanol–water partition coefficient (Wildman–Crippen LogP) is 4.05. The first-order valence-corrected chi connectivity index (χ1v) is 12.0. The molecule has 0 aliphatic heterocycles. The van der Waals surface area contributed by atoms with Gasteiger partial charge in [-0.05, 0) is 56.2 Å². The minimum Gasteiger partial charge on any atom is -0.298 e. The Balaban J connectivity index is 1.49. The summed E-state index contributed by atoms with van der Waals surface area (Å²) in [7, 11) is -2.23. The van der Waals surface area contributed by atoms with Crippen LogP contribution in [0.5, 0.6) is 0 Å². The number of hydrogen-bond donors (Lipinski definition) is 1. The van der Waals surface area contributed by atoms with Gasteiger partial charge in [0.25, 0.3) is 15.9 Å². The second-order valence-corrected chi connectivity index (χ2v) is 10.3. The summed E-state index contributed by atoms with van der Waals surface area (Å²) < 4.78 is 26.9. The molecule has 1 aliphatic carbocycles. The lowest BCUT2D eigenvalue weighted by molar-refractivity contribution is 0.0975. The third-order valence-electron chi connectivity index (χ3n) is 5.16. The van der Waals surface area contributed by atoms with Crippen molar-refractivity contribution in [3.63, 3.8) is 0 Å². The zero-order valence-electron chi connectivity index (χ0n) is 17.1. The van der Waals surface area contributed by atoms with E-state index in [1.54, 1.807) is 48.5 Å². The van der Waals surface area contributed by atoms with E-state index >= 15 is 0 Å². The second kappa shape index (κ2) is 8.24. The highest BCUT2D eigenvalue weighted by Gasteiger charge is 2.24. The Morgan fingerprint density at radius 3 is 2.39 bits per heavy atom. The smallest absolute Gasteiger partial charge is 0.264 e. The van der Waals surface area contributed by atoms with E-state index in [0.717, 1.165) is 24.1 Å². The molecule has 0 spiro atoms. The fourth-order valence-electron chi connectivity index (χ4n) is 3.32. The van der Waals surface area contributed by atoms with Crippen LogP contribution in [0.3, 0.4) is 0 Å². The molecule has 1 heterocycles. The van der Waals surface area contributed by atoms with E-state index in [1.807, 2.05) is 6.92 Å². The number of rotatable bonds is 5. The van der Waals surface area contributed by atoms with Gasteiger partial charge in [0.05, 0.1) is 21.2 Å². The highest BCUT2D eigenvalue weighted by molar-refractivity contribution is 7.92. The van der Waals surface area contributed by atoms with Gasteiger partial charge in [0.1, 0.15) is 0 Å². The normalized spacial score (nSPS) is 13.5. The van der Waals surface area contributed by atoms with Crippen LogP contribution in [0.1, 0.15) is 44.1 Å². The predicted molar refractivity (Wildman–Crippen MR) is 121 cm³/mol. The number of carbonyl (C=O) groups excluding carboxylic acids is 2. The van der Waals surface area contributed by atoms with Gasteiger partial charge in [0.15, 0.2) is 10.9 Å². The maximum atomic E-state index is 12.8. The van der Waals surface area contributed by atoms with Crippen LogP contribution >= 0.6 is 11.3 Å². The molecular weight excluding hydrogens is 434 g/mol. The number of nitrogens with one attached hydrogen (secondary N) is 1. The maximum Gasteiger partial charge on any atom is 0.264 e. The summed E-state index contributed by atoms with van der Waals surface area (Å²) in [5.74, 6) is -0.296. The van der Waals surface area contributed by atoms with Gasteiger partial charge < -0.3 is 0 Å². The van der Waals surface area contributed by atoms with Crippen molar-refractivity contribution in [1.29, 1.82) is 0 Å². The molecule has 7 nitrogen and oxygen atoms in total. The van der Waals surface area contributed by atoms with Crippen molar-refractivity contribution in [3.8, 4) is 0 Å². The molecule has 2 aromatic carbocycles. The number of ketones is 1. The quantitative estimate of drug-likeness (QED) is 0.626. The molecular formula is C22H21N3O4S2. The van der Waals surface area contributed by atoms with Crippen LogP contribution in [-0.4, -0.2) is 32.1 Å². The Labute approximate surface area is 184 Å². The van der Waals surface area contributed by atoms with Crippen molar-refractivity contribution in [3.05, 3.63) is 70.2 Å². The fourth-order valence-corrected chi connectivity index (χ4v) is 5.49. The molecule has 1 amide bonds. The molecule has 0 unspecified atom stereocenters. The van der Waals surface area contributed by atoms with E-state index in [1.165, 1.54) is 22.7 Å². The average Bonchev–Trinajstić information content (AvgIpc) is 3.17. The first-order valence-electron chi connectivity index (χ1n) is 9.75. The molecule has 0 saturated carbocycles. The van der Waals surface area contributed by atoms with Crippen LogP contribution < -0.4 is 9.62 Å². The maximum absolute atomic E-state index is 12.8. The van der Waals surface area contributed by atoms with Crippen LogP contribution in [0.4, 0.5) is 10.8 Å². The fraction of sp³-hybridized carbons (Fsp3) is 0.227. The molecule has 0 bridgehead atoms. The Morgan fingerprint density at radius 2 is 1.74 bits per heavy atom. The summed E-state index contributed by atoms with van der Waals surface area (Å²) in [4.78, 5) is 29.7. The monoisotopic (exact) mass is 455 g/mol. The van der Waals surface area contributed by atoms with Gasteiger partial charge in [-0.25, -0.2) is 13.4 Å². The van der Waals surface area contributed by atoms with Crippen molar-refractivity contribution in [2.24, 2.45) is 0 Å². The lowest BCUT2D eigenvalue weighted by atomic mass is 10.0. The molecule has 9 heteroatoms. The zero-order chi connectivity index (χ0) is 22.2. The summed E-state index contributed by atoms with van der Waals surface area (Å²) in [6, 6.07) is 12.9. The Kier molecular flexibility index (Phi) is 5.63. The average molecular weight is 456 g/mol. The molecule has 1 N–H and O–H groups in total. The Morgan fingerprint density at radius 1 is 1.06 bits per heavy atom. The minimum atomic E-state index is -3.71. The van der Waals surface area contributed by atoms with Gasteiger partial charge >= 0.3 is 0 Å². The van der Waals surface area contributed by atoms with Crippen LogP contribution in [0.25, 0.3) is 0 Å². The topological polar surface area (TPSA) is 96.4 Å². The third-order valence-corrected chi connectivity index (χ3v) is 8.01. The summed E-state index contributed by atoms with van der Waals surface area (Å²) in [5.41, 5.74) is 2.52. The van der Waals surface area contributed by atoms with E-state index in [-0.39, 0.29) is 16.6 Å². The molecule has 1 aromatic heterocycles. The van der Waals surface area contributed by atoms with Gasteiger partial charge in [-0.3, -0.25) is 19.2 Å². The SMILES string of the molecule is Cc1ccc(S(=O)(=O)N(C)c2ccc(C(=O)Nc3nc4c(s3)C(=O)CCC4)cc2)cc1. The molecule has 160 valence electrons. The number of nitrogens with zero attached hydrogens (tertiary/aromatic N) is 2. The minimum absolute atomic E-state index is 0.0708. The first kappa shape index (κ1) is 21.2. The van der Waals surface area contributed by atoms with E-state index < -0.39 is 10.0 Å². The van der Waals surface area contributed by atoms with Gasteiger partial charge in [0.2, 0.25) is 0 Å². The highest BCUT2D eigenvalue weighted by Crippen LogP contribution is 2.30. The molecule has 0 saturated heterocycles. The number of aromatic nitrogens is 1. The van der Waals surface area contributed by atoms with Crippen molar-refractivity contribution in [1.82, 2.24) is 4.98 Å². The van der Waals surface area contributed by atoms with Crippen LogP contribution in [-0.2, 0) is 16.4 Å². The van der Waals surface area contributed by atoms with Crippen molar-refractivity contribution in [2.45, 2.75) is 31.1 Å². The number of thiazole rings is 1. The molecule has 0 radical (unpaired) electrons. The van der Waals surface area contributed by atoms with Gasteiger partial charge in [-0.1, -0.05) is 29.0 Å². The number of fused-ring (bicyclic) bond motifs is 1. The lowest BCUT2D eigenvalue weighted by Crippen LogP contribution is -2.26. The number of anilines is 2. The molecule has 1 aliphatic rings. The van der Waals surface area contributed by atoms with E-state index in [4.69, 9.17) is 0 Å². The van der Waals surface area contributed by atoms with E-state index in [0.29, 0.717) is 27.7 Å². The van der Waals surface area contributed by atoms with Crippen molar-refractivity contribution >= 4 is 43.9 Å². The zero-order valence-corrected chi connectivity index (χ0v) is 18.7. The number of aryl methyl sites for hydroxylation is 2. The van der Waals surface area contributed by atoms with Gasteiger partial charge in [-0.2, -0.15) is 0 Å². The highest BCUT2D eigenvalue weighted by atomic mass is 32.2. The summed E-state index contributed by atoms with van der Waals surface area (Å²) in [6.07, 6.45) is 2.04. The number of amides is 1. The van der Waals surface area contributed by atoms with Gasteiger partial charge in [-0.15, -0.1) is 0 Å². The Hall–Kier alpha value is -3.04. The largest absolute Gasteiger partial charge is 0.298 e. The number of sulfonamides is 1. The molecule has 4 rings (SSSR count). The summed E-state index contributed by atoms with van der Waals surface area (Å²) in [5, 5.41) is 3.13.